The van der Waals surface area contributed by atoms with Crippen molar-refractivity contribution in [3.8, 4) is 40.2 Å². The normalized spacial score (nSPS) is 12.9. The second kappa shape index (κ2) is 11.5. The first-order chi connectivity index (χ1) is 17.9. The highest BCUT2D eigenvalue weighted by atomic mass is 32.2. The number of likely N-dealkylation sites (N-methyl/N-ethyl adjacent to an activating group) is 1. The molecule has 1 aromatic heterocycles. The minimum absolute atomic E-state index is 0.0107. The van der Waals surface area contributed by atoms with E-state index in [0.717, 1.165) is 35.3 Å². The molecule has 192 valence electrons. The third kappa shape index (κ3) is 5.66. The van der Waals surface area contributed by atoms with E-state index >= 15 is 0 Å². The number of hydrogen-bond donors (Lipinski definition) is 0. The van der Waals surface area contributed by atoms with Crippen LogP contribution in [0.15, 0.2) is 41.4 Å². The SMILES string of the molecule is COc1cc(OC)c(-c2c(C#N)c(SCC(=O)Oc3ccc(C)cc3)nc3c2CN(C)CC3)cc1OC. The Morgan fingerprint density at radius 1 is 1.08 bits per heavy atom. The monoisotopic (exact) mass is 519 g/mol. The number of thioether (sulfide) groups is 1. The van der Waals surface area contributed by atoms with Crippen LogP contribution in [0, 0.1) is 18.3 Å². The Kier molecular flexibility index (Phi) is 8.21. The number of hydrogen-bond acceptors (Lipinski definition) is 9. The topological polar surface area (TPSA) is 93.9 Å². The van der Waals surface area contributed by atoms with E-state index in [1.54, 1.807) is 39.5 Å². The molecule has 0 atom stereocenters. The van der Waals surface area contributed by atoms with Gasteiger partial charge in [-0.15, -0.1) is 0 Å². The van der Waals surface area contributed by atoms with Crippen molar-refractivity contribution in [1.82, 2.24) is 9.88 Å². The largest absolute Gasteiger partial charge is 0.496 e. The minimum atomic E-state index is -0.415. The average Bonchev–Trinajstić information content (AvgIpc) is 2.91. The Hall–Kier alpha value is -3.74. The summed E-state index contributed by atoms with van der Waals surface area (Å²) in [6, 6.07) is 13.2. The molecule has 0 aliphatic carbocycles. The minimum Gasteiger partial charge on any atom is -0.496 e. The highest BCUT2D eigenvalue weighted by molar-refractivity contribution is 7.99. The molecule has 0 spiro atoms. The lowest BCUT2D eigenvalue weighted by molar-refractivity contribution is -0.131. The Morgan fingerprint density at radius 3 is 2.41 bits per heavy atom. The number of aryl methyl sites for hydroxylation is 1. The van der Waals surface area contributed by atoms with Crippen LogP contribution in [0.1, 0.15) is 22.4 Å². The first-order valence-electron chi connectivity index (χ1n) is 11.7. The second-order valence-corrected chi connectivity index (χ2v) is 9.64. The van der Waals surface area contributed by atoms with Crippen LogP contribution in [0.5, 0.6) is 23.0 Å². The Labute approximate surface area is 221 Å². The van der Waals surface area contributed by atoms with Gasteiger partial charge >= 0.3 is 5.97 Å². The molecule has 8 nitrogen and oxygen atoms in total. The lowest BCUT2D eigenvalue weighted by Gasteiger charge is -2.28. The Morgan fingerprint density at radius 2 is 1.76 bits per heavy atom. The number of ether oxygens (including phenoxy) is 4. The van der Waals surface area contributed by atoms with Crippen molar-refractivity contribution >= 4 is 17.7 Å². The van der Waals surface area contributed by atoms with E-state index in [-0.39, 0.29) is 5.75 Å². The van der Waals surface area contributed by atoms with Crippen LogP contribution in [0.3, 0.4) is 0 Å². The second-order valence-electron chi connectivity index (χ2n) is 8.68. The summed E-state index contributed by atoms with van der Waals surface area (Å²) in [7, 11) is 6.74. The van der Waals surface area contributed by atoms with Crippen LogP contribution in [0.4, 0.5) is 0 Å². The average molecular weight is 520 g/mol. The van der Waals surface area contributed by atoms with Crippen molar-refractivity contribution in [2.45, 2.75) is 24.9 Å². The molecule has 2 aromatic carbocycles. The molecule has 0 radical (unpaired) electrons. The summed E-state index contributed by atoms with van der Waals surface area (Å²) in [5.74, 6) is 1.67. The number of esters is 1. The molecule has 0 N–H and O–H groups in total. The third-order valence-corrected chi connectivity index (χ3v) is 7.12. The van der Waals surface area contributed by atoms with E-state index in [9.17, 15) is 10.1 Å². The number of fused-ring (bicyclic) bond motifs is 1. The number of nitriles is 1. The molecule has 0 unspecified atom stereocenters. The van der Waals surface area contributed by atoms with Gasteiger partial charge in [0, 0.05) is 42.4 Å². The van der Waals surface area contributed by atoms with E-state index in [1.807, 2.05) is 32.2 Å². The summed E-state index contributed by atoms with van der Waals surface area (Å²) in [6.07, 6.45) is 0.724. The van der Waals surface area contributed by atoms with Gasteiger partial charge in [0.2, 0.25) is 0 Å². The van der Waals surface area contributed by atoms with Gasteiger partial charge < -0.3 is 23.8 Å². The maximum absolute atomic E-state index is 12.6. The van der Waals surface area contributed by atoms with Crippen molar-refractivity contribution in [3.63, 3.8) is 0 Å². The van der Waals surface area contributed by atoms with E-state index < -0.39 is 5.97 Å². The zero-order chi connectivity index (χ0) is 26.5. The van der Waals surface area contributed by atoms with Crippen LogP contribution >= 0.6 is 11.8 Å². The predicted molar refractivity (Wildman–Crippen MR) is 142 cm³/mol. The van der Waals surface area contributed by atoms with Crippen molar-refractivity contribution in [2.24, 2.45) is 0 Å². The zero-order valence-electron chi connectivity index (χ0n) is 21.6. The van der Waals surface area contributed by atoms with E-state index in [4.69, 9.17) is 23.9 Å². The predicted octanol–water partition coefficient (Wildman–Crippen LogP) is 4.64. The van der Waals surface area contributed by atoms with Crippen molar-refractivity contribution in [3.05, 3.63) is 58.8 Å². The summed E-state index contributed by atoms with van der Waals surface area (Å²) in [5, 5.41) is 10.8. The fourth-order valence-corrected chi connectivity index (χ4v) is 5.08. The number of methoxy groups -OCH3 is 3. The Balaban J connectivity index is 1.77. The molecule has 0 saturated carbocycles. The molecule has 0 bridgehead atoms. The molecule has 0 fully saturated rings. The van der Waals surface area contributed by atoms with Crippen molar-refractivity contribution in [1.29, 1.82) is 5.26 Å². The smallest absolute Gasteiger partial charge is 0.321 e. The van der Waals surface area contributed by atoms with Gasteiger partial charge in [-0.1, -0.05) is 29.5 Å². The molecule has 37 heavy (non-hydrogen) atoms. The van der Waals surface area contributed by atoms with E-state index in [2.05, 4.69) is 11.0 Å². The van der Waals surface area contributed by atoms with Gasteiger partial charge in [0.1, 0.15) is 22.6 Å². The molecule has 0 saturated heterocycles. The molecule has 2 heterocycles. The summed E-state index contributed by atoms with van der Waals surface area (Å²) < 4.78 is 22.2. The lowest BCUT2D eigenvalue weighted by Crippen LogP contribution is -2.28. The highest BCUT2D eigenvalue weighted by Crippen LogP contribution is 2.45. The number of carbonyl (C=O) groups is 1. The number of nitrogens with zero attached hydrogens (tertiary/aromatic N) is 3. The van der Waals surface area contributed by atoms with Gasteiger partial charge in [-0.05, 0) is 37.7 Å². The van der Waals surface area contributed by atoms with Gasteiger partial charge in [0.15, 0.2) is 11.5 Å². The van der Waals surface area contributed by atoms with Crippen LogP contribution in [0.25, 0.3) is 11.1 Å². The zero-order valence-corrected chi connectivity index (χ0v) is 22.4. The van der Waals surface area contributed by atoms with Crippen LogP contribution in [-0.4, -0.2) is 56.5 Å². The van der Waals surface area contributed by atoms with Gasteiger partial charge in [-0.3, -0.25) is 4.79 Å². The molecule has 0 amide bonds. The molecule has 9 heteroatoms. The van der Waals surface area contributed by atoms with Crippen molar-refractivity contribution < 1.29 is 23.7 Å². The number of aromatic nitrogens is 1. The quantitative estimate of drug-likeness (QED) is 0.240. The first kappa shape index (κ1) is 26.3. The highest BCUT2D eigenvalue weighted by Gasteiger charge is 2.28. The Bertz CT molecular complexity index is 1350. The van der Waals surface area contributed by atoms with Crippen LogP contribution in [0.2, 0.25) is 0 Å². The van der Waals surface area contributed by atoms with E-state index in [0.29, 0.717) is 45.7 Å². The van der Waals surface area contributed by atoms with Crippen LogP contribution in [-0.2, 0) is 17.8 Å². The summed E-state index contributed by atoms with van der Waals surface area (Å²) in [6.45, 7) is 3.44. The summed E-state index contributed by atoms with van der Waals surface area (Å²) in [5.41, 5.74) is 4.75. The number of carbonyl (C=O) groups excluding carboxylic acids is 1. The summed E-state index contributed by atoms with van der Waals surface area (Å²) in [4.78, 5) is 19.6. The lowest BCUT2D eigenvalue weighted by atomic mass is 9.91. The fourth-order valence-electron chi connectivity index (χ4n) is 4.30. The summed E-state index contributed by atoms with van der Waals surface area (Å²) >= 11 is 1.20. The third-order valence-electron chi connectivity index (χ3n) is 6.18. The first-order valence-corrected chi connectivity index (χ1v) is 12.7. The van der Waals surface area contributed by atoms with Gasteiger partial charge in [0.25, 0.3) is 0 Å². The van der Waals surface area contributed by atoms with Crippen LogP contribution < -0.4 is 18.9 Å². The number of benzene rings is 2. The van der Waals surface area contributed by atoms with Gasteiger partial charge in [0.05, 0.1) is 32.6 Å². The number of rotatable bonds is 8. The molecule has 3 aromatic rings. The van der Waals surface area contributed by atoms with Crippen molar-refractivity contribution in [2.75, 3.05) is 40.7 Å². The maximum Gasteiger partial charge on any atom is 0.321 e. The maximum atomic E-state index is 12.6. The van der Waals surface area contributed by atoms with Gasteiger partial charge in [-0.2, -0.15) is 5.26 Å². The van der Waals surface area contributed by atoms with Gasteiger partial charge in [-0.25, -0.2) is 4.98 Å². The van der Waals surface area contributed by atoms with E-state index in [1.165, 1.54) is 11.8 Å². The fraction of sp³-hybridized carbons (Fsp3) is 0.321. The molecule has 1 aliphatic rings. The molecular formula is C28H29N3O5S. The standard InChI is InChI=1S/C28H29N3O5S/c1-17-6-8-18(9-7-17)36-26(32)16-37-28-20(14-29)27(21-15-31(2)11-10-22(21)30-28)19-12-24(34-4)25(35-5)13-23(19)33-3/h6-9,12-13H,10-11,15-16H2,1-5H3. The molecular weight excluding hydrogens is 490 g/mol. The molecule has 1 aliphatic heterocycles. The number of pyridine rings is 1. The molecule has 4 rings (SSSR count).